The molecule has 2 N–H and O–H groups in total. The largest absolute Gasteiger partial charge is 0.390 e. The van der Waals surface area contributed by atoms with Crippen LogP contribution in [-0.4, -0.2) is 39.6 Å². The molecule has 0 radical (unpaired) electrons. The van der Waals surface area contributed by atoms with Crippen LogP contribution < -0.4 is 5.56 Å². The van der Waals surface area contributed by atoms with Crippen molar-refractivity contribution in [2.24, 2.45) is 5.92 Å². The van der Waals surface area contributed by atoms with Gasteiger partial charge < -0.3 is 15.0 Å². The zero-order valence-electron chi connectivity index (χ0n) is 10.8. The first-order chi connectivity index (χ1) is 9.08. The Morgan fingerprint density at radius 2 is 2.00 bits per heavy atom. The van der Waals surface area contributed by atoms with Gasteiger partial charge in [-0.2, -0.15) is 0 Å². The number of piperidine rings is 1. The molecule has 3 rings (SSSR count). The second-order valence-electron chi connectivity index (χ2n) is 5.60. The van der Waals surface area contributed by atoms with Crippen molar-refractivity contribution in [1.82, 2.24) is 9.88 Å². The van der Waals surface area contributed by atoms with E-state index in [1.807, 2.05) is 0 Å². The van der Waals surface area contributed by atoms with Crippen LogP contribution >= 0.6 is 0 Å². The number of carbonyl (C=O) groups is 1. The lowest BCUT2D eigenvalue weighted by molar-refractivity contribution is 0.0338. The van der Waals surface area contributed by atoms with Crippen LogP contribution in [0.15, 0.2) is 23.0 Å². The SMILES string of the molecule is O=C(c1cccc(=O)[nH]1)N1CCC(C2(O)CC2)CC1. The standard InChI is InChI=1S/C14H18N2O3/c17-12-3-1-2-11(15-12)13(18)16-8-4-10(5-9-16)14(19)6-7-14/h1-3,10,19H,4-9H2,(H,15,17). The van der Waals surface area contributed by atoms with E-state index in [0.29, 0.717) is 24.7 Å². The van der Waals surface area contributed by atoms with Gasteiger partial charge in [-0.1, -0.05) is 6.07 Å². The molecule has 1 aromatic heterocycles. The van der Waals surface area contributed by atoms with Crippen molar-refractivity contribution in [3.63, 3.8) is 0 Å². The number of rotatable bonds is 2. The molecule has 1 aliphatic carbocycles. The molecule has 1 aromatic rings. The number of aromatic amines is 1. The van der Waals surface area contributed by atoms with Crippen LogP contribution in [0.1, 0.15) is 36.2 Å². The highest BCUT2D eigenvalue weighted by atomic mass is 16.3. The maximum absolute atomic E-state index is 12.2. The van der Waals surface area contributed by atoms with Crippen molar-refractivity contribution in [2.45, 2.75) is 31.3 Å². The van der Waals surface area contributed by atoms with Gasteiger partial charge in [-0.25, -0.2) is 0 Å². The summed E-state index contributed by atoms with van der Waals surface area (Å²) in [5.74, 6) is 0.199. The predicted molar refractivity (Wildman–Crippen MR) is 69.9 cm³/mol. The topological polar surface area (TPSA) is 73.4 Å². The summed E-state index contributed by atoms with van der Waals surface area (Å²) < 4.78 is 0. The number of nitrogens with one attached hydrogen (secondary N) is 1. The molecule has 0 unspecified atom stereocenters. The van der Waals surface area contributed by atoms with Gasteiger partial charge in [-0.05, 0) is 37.7 Å². The van der Waals surface area contributed by atoms with Crippen LogP contribution in [0.5, 0.6) is 0 Å². The molecular formula is C14H18N2O3. The summed E-state index contributed by atoms with van der Waals surface area (Å²) in [4.78, 5) is 27.7. The molecule has 19 heavy (non-hydrogen) atoms. The van der Waals surface area contributed by atoms with Crippen molar-refractivity contribution in [3.8, 4) is 0 Å². The second-order valence-corrected chi connectivity index (χ2v) is 5.60. The molecule has 2 heterocycles. The van der Waals surface area contributed by atoms with Crippen molar-refractivity contribution in [1.29, 1.82) is 0 Å². The van der Waals surface area contributed by atoms with E-state index >= 15 is 0 Å². The third kappa shape index (κ3) is 2.42. The highest BCUT2D eigenvalue weighted by Gasteiger charge is 2.48. The van der Waals surface area contributed by atoms with Gasteiger partial charge in [0.2, 0.25) is 5.56 Å². The number of nitrogens with zero attached hydrogens (tertiary/aromatic N) is 1. The quantitative estimate of drug-likeness (QED) is 0.826. The highest BCUT2D eigenvalue weighted by Crippen LogP contribution is 2.46. The molecule has 1 aliphatic heterocycles. The summed E-state index contributed by atoms with van der Waals surface area (Å²) in [6.07, 6.45) is 3.49. The minimum Gasteiger partial charge on any atom is -0.390 e. The maximum Gasteiger partial charge on any atom is 0.270 e. The van der Waals surface area contributed by atoms with Gasteiger partial charge >= 0.3 is 0 Å². The van der Waals surface area contributed by atoms with Gasteiger partial charge in [0.15, 0.2) is 0 Å². The Kier molecular flexibility index (Phi) is 2.93. The summed E-state index contributed by atoms with van der Waals surface area (Å²) in [6.45, 7) is 1.31. The molecule has 0 bridgehead atoms. The van der Waals surface area contributed by atoms with E-state index in [1.165, 1.54) is 6.07 Å². The van der Waals surface area contributed by atoms with Crippen molar-refractivity contribution in [3.05, 3.63) is 34.2 Å². The molecule has 0 atom stereocenters. The third-order valence-electron chi connectivity index (χ3n) is 4.30. The summed E-state index contributed by atoms with van der Waals surface area (Å²) >= 11 is 0. The number of hydrogen-bond acceptors (Lipinski definition) is 3. The second kappa shape index (κ2) is 4.49. The fourth-order valence-corrected chi connectivity index (χ4v) is 2.90. The minimum atomic E-state index is -0.448. The van der Waals surface area contributed by atoms with Crippen molar-refractivity contribution in [2.75, 3.05) is 13.1 Å². The number of aliphatic hydroxyl groups is 1. The molecule has 102 valence electrons. The van der Waals surface area contributed by atoms with Crippen LogP contribution in [0.3, 0.4) is 0 Å². The Balaban J connectivity index is 1.65. The van der Waals surface area contributed by atoms with Gasteiger partial charge in [0.25, 0.3) is 5.91 Å². The Bertz CT molecular complexity index is 540. The lowest BCUT2D eigenvalue weighted by Crippen LogP contribution is -2.42. The molecule has 2 fully saturated rings. The number of amides is 1. The summed E-state index contributed by atoms with van der Waals surface area (Å²) in [7, 11) is 0. The first-order valence-electron chi connectivity index (χ1n) is 6.79. The Morgan fingerprint density at radius 3 is 2.58 bits per heavy atom. The van der Waals surface area contributed by atoms with E-state index in [2.05, 4.69) is 4.98 Å². The maximum atomic E-state index is 12.2. The first kappa shape index (κ1) is 12.4. The van der Waals surface area contributed by atoms with E-state index in [-0.39, 0.29) is 11.5 Å². The fraction of sp³-hybridized carbons (Fsp3) is 0.571. The average Bonchev–Trinajstić information content (AvgIpc) is 3.17. The monoisotopic (exact) mass is 262 g/mol. The smallest absolute Gasteiger partial charge is 0.270 e. The van der Waals surface area contributed by atoms with E-state index in [0.717, 1.165) is 25.7 Å². The molecule has 1 amide bonds. The van der Waals surface area contributed by atoms with Crippen LogP contribution in [-0.2, 0) is 0 Å². The van der Waals surface area contributed by atoms with E-state index in [1.54, 1.807) is 17.0 Å². The minimum absolute atomic E-state index is 0.126. The normalized spacial score (nSPS) is 22.3. The van der Waals surface area contributed by atoms with E-state index < -0.39 is 5.60 Å². The highest BCUT2D eigenvalue weighted by molar-refractivity contribution is 5.92. The van der Waals surface area contributed by atoms with Crippen molar-refractivity contribution >= 4 is 5.91 Å². The number of aromatic nitrogens is 1. The third-order valence-corrected chi connectivity index (χ3v) is 4.30. The van der Waals surface area contributed by atoms with Gasteiger partial charge in [-0.15, -0.1) is 0 Å². The Morgan fingerprint density at radius 1 is 1.32 bits per heavy atom. The van der Waals surface area contributed by atoms with Gasteiger partial charge in [-0.3, -0.25) is 9.59 Å². The zero-order valence-corrected chi connectivity index (χ0v) is 10.8. The summed E-state index contributed by atoms with van der Waals surface area (Å²) in [6, 6.07) is 4.61. The predicted octanol–water partition coefficient (Wildman–Crippen LogP) is 0.752. The van der Waals surface area contributed by atoms with Crippen LogP contribution in [0, 0.1) is 5.92 Å². The molecule has 0 aromatic carbocycles. The number of carbonyl (C=O) groups excluding carboxylic acids is 1. The van der Waals surface area contributed by atoms with Gasteiger partial charge in [0.1, 0.15) is 5.69 Å². The molecule has 5 nitrogen and oxygen atoms in total. The number of H-pyrrole nitrogens is 1. The number of pyridine rings is 1. The van der Waals surface area contributed by atoms with Crippen LogP contribution in [0.2, 0.25) is 0 Å². The summed E-state index contributed by atoms with van der Waals surface area (Å²) in [5.41, 5.74) is -0.361. The number of hydrogen-bond donors (Lipinski definition) is 2. The molecule has 0 spiro atoms. The Labute approximate surface area is 111 Å². The number of likely N-dealkylation sites (tertiary alicyclic amines) is 1. The average molecular weight is 262 g/mol. The van der Waals surface area contributed by atoms with Gasteiger partial charge in [0.05, 0.1) is 5.60 Å². The molecule has 1 saturated carbocycles. The van der Waals surface area contributed by atoms with E-state index in [4.69, 9.17) is 0 Å². The Hall–Kier alpha value is -1.62. The van der Waals surface area contributed by atoms with Crippen molar-refractivity contribution < 1.29 is 9.90 Å². The first-order valence-corrected chi connectivity index (χ1v) is 6.79. The van der Waals surface area contributed by atoms with Crippen LogP contribution in [0.4, 0.5) is 0 Å². The lowest BCUT2D eigenvalue weighted by atomic mass is 9.89. The lowest BCUT2D eigenvalue weighted by Gasteiger charge is -2.34. The molecule has 1 saturated heterocycles. The zero-order chi connectivity index (χ0) is 13.5. The molecule has 5 heteroatoms. The van der Waals surface area contributed by atoms with Crippen LogP contribution in [0.25, 0.3) is 0 Å². The molecular weight excluding hydrogens is 244 g/mol. The summed E-state index contributed by atoms with van der Waals surface area (Å²) in [5, 5.41) is 10.1. The van der Waals surface area contributed by atoms with E-state index in [9.17, 15) is 14.7 Å². The molecule has 2 aliphatic rings. The fourth-order valence-electron chi connectivity index (χ4n) is 2.90. The van der Waals surface area contributed by atoms with Gasteiger partial charge in [0, 0.05) is 19.2 Å².